The number of aromatic nitrogens is 1. The molecule has 3 heterocycles. The topological polar surface area (TPSA) is 92.2 Å². The van der Waals surface area contributed by atoms with Crippen LogP contribution in [0.2, 0.25) is 0 Å². The number of rotatable bonds is 7. The van der Waals surface area contributed by atoms with Crippen LogP contribution in [0.25, 0.3) is 5.76 Å². The highest BCUT2D eigenvalue weighted by molar-refractivity contribution is 6.46. The molecule has 1 unspecified atom stereocenters. The maximum absolute atomic E-state index is 13.0. The van der Waals surface area contributed by atoms with Crippen LogP contribution in [0, 0.1) is 0 Å². The summed E-state index contributed by atoms with van der Waals surface area (Å²) in [6, 6.07) is 11.3. The lowest BCUT2D eigenvalue weighted by atomic mass is 9.98. The van der Waals surface area contributed by atoms with Gasteiger partial charge in [0.15, 0.2) is 0 Å². The van der Waals surface area contributed by atoms with Crippen molar-refractivity contribution in [1.29, 1.82) is 0 Å². The molecule has 0 radical (unpaired) electrons. The normalized spacial score (nSPS) is 21.2. The summed E-state index contributed by atoms with van der Waals surface area (Å²) in [4.78, 5) is 34.2. The first-order valence-electron chi connectivity index (χ1n) is 10.7. The van der Waals surface area contributed by atoms with Crippen molar-refractivity contribution in [3.8, 4) is 5.75 Å². The van der Waals surface area contributed by atoms with Crippen molar-refractivity contribution >= 4 is 17.4 Å². The number of benzene rings is 1. The average Bonchev–Trinajstić information content (AvgIpc) is 3.10. The van der Waals surface area contributed by atoms with E-state index in [4.69, 9.17) is 9.47 Å². The summed E-state index contributed by atoms with van der Waals surface area (Å²) >= 11 is 0. The van der Waals surface area contributed by atoms with Gasteiger partial charge < -0.3 is 19.5 Å². The summed E-state index contributed by atoms with van der Waals surface area (Å²) in [6.45, 7) is 4.34. The summed E-state index contributed by atoms with van der Waals surface area (Å²) in [5.41, 5.74) is 1.05. The number of aliphatic hydroxyl groups is 1. The molecule has 32 heavy (non-hydrogen) atoms. The van der Waals surface area contributed by atoms with Gasteiger partial charge >= 0.3 is 0 Å². The van der Waals surface area contributed by atoms with E-state index in [0.717, 1.165) is 19.6 Å². The molecule has 2 aliphatic heterocycles. The number of ketones is 1. The molecule has 1 N–H and O–H groups in total. The highest BCUT2D eigenvalue weighted by Gasteiger charge is 2.46. The van der Waals surface area contributed by atoms with E-state index in [9.17, 15) is 14.7 Å². The fourth-order valence-electron chi connectivity index (χ4n) is 4.15. The zero-order valence-electron chi connectivity index (χ0n) is 18.1. The maximum Gasteiger partial charge on any atom is 0.295 e. The van der Waals surface area contributed by atoms with E-state index < -0.39 is 17.7 Å². The molecule has 1 amide bonds. The Morgan fingerprint density at radius 2 is 1.88 bits per heavy atom. The highest BCUT2D eigenvalue weighted by Crippen LogP contribution is 2.38. The molecule has 2 aromatic rings. The van der Waals surface area contributed by atoms with Gasteiger partial charge in [-0.3, -0.25) is 19.5 Å². The quantitative estimate of drug-likeness (QED) is 0.403. The number of carbonyl (C=O) groups is 2. The van der Waals surface area contributed by atoms with E-state index in [-0.39, 0.29) is 11.3 Å². The van der Waals surface area contributed by atoms with Crippen molar-refractivity contribution < 1.29 is 24.2 Å². The minimum Gasteiger partial charge on any atom is -0.507 e. The molecule has 2 aliphatic rings. The second-order valence-electron chi connectivity index (χ2n) is 7.78. The van der Waals surface area contributed by atoms with Gasteiger partial charge in [0.1, 0.15) is 17.6 Å². The third-order valence-electron chi connectivity index (χ3n) is 5.85. The third-order valence-corrected chi connectivity index (χ3v) is 5.85. The zero-order chi connectivity index (χ0) is 22.5. The van der Waals surface area contributed by atoms with E-state index in [1.54, 1.807) is 49.7 Å². The van der Waals surface area contributed by atoms with Crippen LogP contribution in [0.1, 0.15) is 23.7 Å². The Morgan fingerprint density at radius 1 is 1.12 bits per heavy atom. The van der Waals surface area contributed by atoms with Gasteiger partial charge in [0, 0.05) is 37.9 Å². The van der Waals surface area contributed by atoms with Crippen LogP contribution in [-0.2, 0) is 14.3 Å². The van der Waals surface area contributed by atoms with Gasteiger partial charge in [-0.15, -0.1) is 0 Å². The molecule has 2 fully saturated rings. The summed E-state index contributed by atoms with van der Waals surface area (Å²) in [7, 11) is 1.55. The predicted octanol–water partition coefficient (Wildman–Crippen LogP) is 2.23. The smallest absolute Gasteiger partial charge is 0.295 e. The zero-order valence-corrected chi connectivity index (χ0v) is 18.1. The van der Waals surface area contributed by atoms with Gasteiger partial charge in [-0.25, -0.2) is 0 Å². The largest absolute Gasteiger partial charge is 0.507 e. The van der Waals surface area contributed by atoms with Crippen LogP contribution >= 0.6 is 0 Å². The van der Waals surface area contributed by atoms with Crippen LogP contribution in [0.15, 0.2) is 54.2 Å². The first-order chi connectivity index (χ1) is 15.6. The molecule has 1 aromatic heterocycles. The van der Waals surface area contributed by atoms with Gasteiger partial charge in [-0.1, -0.05) is 6.07 Å². The number of carbonyl (C=O) groups excluding carboxylic acids is 2. The fourth-order valence-corrected chi connectivity index (χ4v) is 4.15. The number of pyridine rings is 1. The number of nitrogens with zero attached hydrogens (tertiary/aromatic N) is 3. The molecule has 0 spiro atoms. The molecule has 168 valence electrons. The third kappa shape index (κ3) is 4.51. The monoisotopic (exact) mass is 437 g/mol. The lowest BCUT2D eigenvalue weighted by Crippen LogP contribution is -2.39. The Hall–Kier alpha value is -3.23. The summed E-state index contributed by atoms with van der Waals surface area (Å²) in [5.74, 6) is -0.887. The van der Waals surface area contributed by atoms with Gasteiger partial charge in [-0.05, 0) is 42.8 Å². The van der Waals surface area contributed by atoms with Gasteiger partial charge in [-0.2, -0.15) is 0 Å². The number of hydrogen-bond acceptors (Lipinski definition) is 7. The molecule has 2 saturated heterocycles. The lowest BCUT2D eigenvalue weighted by molar-refractivity contribution is -0.140. The maximum atomic E-state index is 13.0. The molecule has 1 aromatic carbocycles. The SMILES string of the molecule is COc1ccc(/C(O)=C2/C(=O)C(=O)N(CCCN3CCOCC3)C2c2ccccn2)cc1. The molecule has 8 nitrogen and oxygen atoms in total. The molecule has 1 atom stereocenters. The van der Waals surface area contributed by atoms with Crippen LogP contribution in [-0.4, -0.2) is 78.1 Å². The fraction of sp³-hybridized carbons (Fsp3) is 0.375. The van der Waals surface area contributed by atoms with Crippen LogP contribution in [0.3, 0.4) is 0 Å². The molecule has 8 heteroatoms. The standard InChI is InChI=1S/C24H27N3O5/c1-31-18-8-6-17(7-9-18)22(28)20-21(19-5-2-3-10-25-19)27(24(30)23(20)29)12-4-11-26-13-15-32-16-14-26/h2-3,5-10,21,28H,4,11-16H2,1H3/b22-20-. The molecule has 4 rings (SSSR count). The van der Waals surface area contributed by atoms with E-state index >= 15 is 0 Å². The molecular formula is C24H27N3O5. The summed E-state index contributed by atoms with van der Waals surface area (Å²) in [6.07, 6.45) is 2.33. The van der Waals surface area contributed by atoms with Gasteiger partial charge in [0.25, 0.3) is 11.7 Å². The number of aliphatic hydroxyl groups excluding tert-OH is 1. The summed E-state index contributed by atoms with van der Waals surface area (Å²) < 4.78 is 10.5. The molecular weight excluding hydrogens is 410 g/mol. The van der Waals surface area contributed by atoms with Crippen molar-refractivity contribution in [3.63, 3.8) is 0 Å². The van der Waals surface area contributed by atoms with E-state index in [0.29, 0.717) is 43.2 Å². The minimum absolute atomic E-state index is 0.0604. The Labute approximate surface area is 187 Å². The second-order valence-corrected chi connectivity index (χ2v) is 7.78. The van der Waals surface area contributed by atoms with Crippen molar-refractivity contribution in [2.45, 2.75) is 12.5 Å². The first kappa shape index (κ1) is 22.0. The van der Waals surface area contributed by atoms with Crippen LogP contribution in [0.4, 0.5) is 0 Å². The summed E-state index contributed by atoms with van der Waals surface area (Å²) in [5, 5.41) is 11.0. The number of hydrogen-bond donors (Lipinski definition) is 1. The van der Waals surface area contributed by atoms with Crippen molar-refractivity contribution in [2.75, 3.05) is 46.5 Å². The Morgan fingerprint density at radius 3 is 2.53 bits per heavy atom. The Balaban J connectivity index is 1.64. The number of methoxy groups -OCH3 is 1. The van der Waals surface area contributed by atoms with Crippen molar-refractivity contribution in [3.05, 3.63) is 65.5 Å². The molecule has 0 bridgehead atoms. The number of likely N-dealkylation sites (tertiary alicyclic amines) is 1. The van der Waals surface area contributed by atoms with E-state index in [1.165, 1.54) is 4.90 Å². The Bertz CT molecular complexity index is 984. The van der Waals surface area contributed by atoms with Crippen molar-refractivity contribution in [1.82, 2.24) is 14.8 Å². The number of ether oxygens (including phenoxy) is 2. The number of amides is 1. The van der Waals surface area contributed by atoms with Crippen LogP contribution < -0.4 is 4.74 Å². The second kappa shape index (κ2) is 9.93. The van der Waals surface area contributed by atoms with Gasteiger partial charge in [0.05, 0.1) is 31.6 Å². The van der Waals surface area contributed by atoms with Crippen molar-refractivity contribution in [2.24, 2.45) is 0 Å². The molecule has 0 saturated carbocycles. The van der Waals surface area contributed by atoms with Crippen LogP contribution in [0.5, 0.6) is 5.75 Å². The average molecular weight is 437 g/mol. The molecule has 0 aliphatic carbocycles. The van der Waals surface area contributed by atoms with E-state index in [1.807, 2.05) is 6.07 Å². The minimum atomic E-state index is -0.733. The van der Waals surface area contributed by atoms with Gasteiger partial charge in [0.2, 0.25) is 0 Å². The number of morpholine rings is 1. The first-order valence-corrected chi connectivity index (χ1v) is 10.7. The highest BCUT2D eigenvalue weighted by atomic mass is 16.5. The Kier molecular flexibility index (Phi) is 6.82. The lowest BCUT2D eigenvalue weighted by Gasteiger charge is -2.28. The number of Topliss-reactive ketones (excluding diaryl/α,β-unsaturated/α-hetero) is 1. The van der Waals surface area contributed by atoms with E-state index in [2.05, 4.69) is 9.88 Å². The predicted molar refractivity (Wildman–Crippen MR) is 118 cm³/mol.